The lowest BCUT2D eigenvalue weighted by molar-refractivity contribution is -0.0159. The van der Waals surface area contributed by atoms with Gasteiger partial charge in [-0.05, 0) is 18.8 Å². The highest BCUT2D eigenvalue weighted by atomic mass is 16.6. The summed E-state index contributed by atoms with van der Waals surface area (Å²) in [5.74, 6) is 0.698. The van der Waals surface area contributed by atoms with Crippen LogP contribution in [0.2, 0.25) is 0 Å². The molecule has 0 bridgehead atoms. The van der Waals surface area contributed by atoms with Gasteiger partial charge in [0.2, 0.25) is 0 Å². The first kappa shape index (κ1) is 25.8. The number of hydrogen-bond donors (Lipinski definition) is 1. The first-order valence-corrected chi connectivity index (χ1v) is 10.3. The standard InChI is InChI=1S/C20H42O6/c1-3-5-6-8-20(7-4-2)19-26-18-17-25-16-15-24-14-13-23-12-11-22-10-9-21/h20-21H,3-19H2,1-2H3. The molecule has 0 aromatic heterocycles. The van der Waals surface area contributed by atoms with Gasteiger partial charge in [-0.15, -0.1) is 0 Å². The summed E-state index contributed by atoms with van der Waals surface area (Å²) >= 11 is 0. The first-order chi connectivity index (χ1) is 12.8. The summed E-state index contributed by atoms with van der Waals surface area (Å²) in [7, 11) is 0. The second kappa shape index (κ2) is 22.8. The van der Waals surface area contributed by atoms with Crippen molar-refractivity contribution < 1.29 is 28.8 Å². The molecule has 0 aromatic carbocycles. The number of ether oxygens (including phenoxy) is 5. The molecule has 0 aliphatic heterocycles. The maximum Gasteiger partial charge on any atom is 0.0701 e. The van der Waals surface area contributed by atoms with Gasteiger partial charge in [0.25, 0.3) is 0 Å². The Morgan fingerprint density at radius 2 is 1.08 bits per heavy atom. The highest BCUT2D eigenvalue weighted by Crippen LogP contribution is 2.16. The topological polar surface area (TPSA) is 66.4 Å². The molecule has 0 fully saturated rings. The fourth-order valence-corrected chi connectivity index (χ4v) is 2.60. The molecule has 0 radical (unpaired) electrons. The summed E-state index contributed by atoms with van der Waals surface area (Å²) in [6.07, 6.45) is 7.69. The van der Waals surface area contributed by atoms with E-state index in [0.717, 1.165) is 6.61 Å². The van der Waals surface area contributed by atoms with Crippen molar-refractivity contribution in [2.75, 3.05) is 72.7 Å². The monoisotopic (exact) mass is 378 g/mol. The van der Waals surface area contributed by atoms with E-state index in [2.05, 4.69) is 13.8 Å². The lowest BCUT2D eigenvalue weighted by Gasteiger charge is -2.16. The third kappa shape index (κ3) is 20.1. The Hall–Kier alpha value is -0.240. The van der Waals surface area contributed by atoms with E-state index in [1.165, 1.54) is 38.5 Å². The van der Waals surface area contributed by atoms with E-state index in [-0.39, 0.29) is 6.61 Å². The van der Waals surface area contributed by atoms with Gasteiger partial charge in [0.15, 0.2) is 0 Å². The number of hydrogen-bond acceptors (Lipinski definition) is 6. The average Bonchev–Trinajstić information content (AvgIpc) is 2.65. The maximum absolute atomic E-state index is 8.54. The Balaban J connectivity index is 3.24. The van der Waals surface area contributed by atoms with Crippen LogP contribution >= 0.6 is 0 Å². The van der Waals surface area contributed by atoms with Crippen LogP contribution in [0.25, 0.3) is 0 Å². The third-order valence-electron chi connectivity index (χ3n) is 3.99. The molecule has 0 rings (SSSR count). The van der Waals surface area contributed by atoms with Gasteiger partial charge in [-0.3, -0.25) is 0 Å². The fraction of sp³-hybridized carbons (Fsp3) is 1.00. The molecule has 0 amide bonds. The Bertz CT molecular complexity index is 252. The molecular formula is C20H42O6. The van der Waals surface area contributed by atoms with Crippen molar-refractivity contribution in [2.45, 2.75) is 52.4 Å². The molecule has 6 heteroatoms. The molecule has 0 aromatic rings. The van der Waals surface area contributed by atoms with Crippen LogP contribution in [0.3, 0.4) is 0 Å². The molecule has 0 aliphatic rings. The zero-order valence-corrected chi connectivity index (χ0v) is 17.1. The lowest BCUT2D eigenvalue weighted by Crippen LogP contribution is -2.15. The molecule has 1 atom stereocenters. The van der Waals surface area contributed by atoms with E-state index in [4.69, 9.17) is 28.8 Å². The summed E-state index contributed by atoms with van der Waals surface area (Å²) in [5, 5.41) is 8.54. The zero-order chi connectivity index (χ0) is 19.1. The Morgan fingerprint density at radius 3 is 1.54 bits per heavy atom. The lowest BCUT2D eigenvalue weighted by atomic mass is 9.97. The van der Waals surface area contributed by atoms with Crippen LogP contribution in [-0.2, 0) is 23.7 Å². The Morgan fingerprint density at radius 1 is 0.577 bits per heavy atom. The molecule has 0 heterocycles. The predicted octanol–water partition coefficient (Wildman–Crippen LogP) is 3.06. The number of rotatable bonds is 22. The zero-order valence-electron chi connectivity index (χ0n) is 17.1. The normalized spacial score (nSPS) is 12.6. The van der Waals surface area contributed by atoms with Gasteiger partial charge in [-0.2, -0.15) is 0 Å². The van der Waals surface area contributed by atoms with Crippen LogP contribution in [0.5, 0.6) is 0 Å². The third-order valence-corrected chi connectivity index (χ3v) is 3.99. The van der Waals surface area contributed by atoms with Crippen LogP contribution in [0.4, 0.5) is 0 Å². The fourth-order valence-electron chi connectivity index (χ4n) is 2.60. The molecule has 0 saturated carbocycles. The molecule has 1 N–H and O–H groups in total. The van der Waals surface area contributed by atoms with E-state index < -0.39 is 0 Å². The van der Waals surface area contributed by atoms with Crippen LogP contribution < -0.4 is 0 Å². The SMILES string of the molecule is CCCCCC(CCC)COCCOCCOCCOCCOCCO. The second-order valence-electron chi connectivity index (χ2n) is 6.40. The molecular weight excluding hydrogens is 336 g/mol. The minimum Gasteiger partial charge on any atom is -0.394 e. The second-order valence-corrected chi connectivity index (χ2v) is 6.40. The van der Waals surface area contributed by atoms with Crippen molar-refractivity contribution >= 4 is 0 Å². The average molecular weight is 379 g/mol. The number of unbranched alkanes of at least 4 members (excludes halogenated alkanes) is 2. The van der Waals surface area contributed by atoms with E-state index in [1.807, 2.05) is 0 Å². The molecule has 1 unspecified atom stereocenters. The van der Waals surface area contributed by atoms with E-state index >= 15 is 0 Å². The number of aliphatic hydroxyl groups is 1. The van der Waals surface area contributed by atoms with Crippen LogP contribution in [0.1, 0.15) is 52.4 Å². The summed E-state index contributed by atoms with van der Waals surface area (Å²) in [6, 6.07) is 0. The van der Waals surface area contributed by atoms with Crippen LogP contribution in [0.15, 0.2) is 0 Å². The van der Waals surface area contributed by atoms with Gasteiger partial charge in [-0.25, -0.2) is 0 Å². The van der Waals surface area contributed by atoms with Gasteiger partial charge in [0, 0.05) is 6.61 Å². The highest BCUT2D eigenvalue weighted by molar-refractivity contribution is 4.58. The maximum atomic E-state index is 8.54. The van der Waals surface area contributed by atoms with Crippen LogP contribution in [0, 0.1) is 5.92 Å². The molecule has 0 spiro atoms. The largest absolute Gasteiger partial charge is 0.394 e. The van der Waals surface area contributed by atoms with E-state index in [0.29, 0.717) is 65.4 Å². The van der Waals surface area contributed by atoms with Gasteiger partial charge in [0.1, 0.15) is 0 Å². The van der Waals surface area contributed by atoms with Crippen LogP contribution in [-0.4, -0.2) is 77.8 Å². The van der Waals surface area contributed by atoms with Crippen molar-refractivity contribution in [3.63, 3.8) is 0 Å². The summed E-state index contributed by atoms with van der Waals surface area (Å²) in [4.78, 5) is 0. The van der Waals surface area contributed by atoms with Gasteiger partial charge in [-0.1, -0.05) is 39.5 Å². The van der Waals surface area contributed by atoms with Gasteiger partial charge < -0.3 is 28.8 Å². The Labute approximate surface area is 160 Å². The predicted molar refractivity (Wildman–Crippen MR) is 104 cm³/mol. The molecule has 6 nitrogen and oxygen atoms in total. The summed E-state index contributed by atoms with van der Waals surface area (Å²) in [5.41, 5.74) is 0. The highest BCUT2D eigenvalue weighted by Gasteiger charge is 2.07. The number of aliphatic hydroxyl groups excluding tert-OH is 1. The minimum absolute atomic E-state index is 0.0480. The first-order valence-electron chi connectivity index (χ1n) is 10.3. The van der Waals surface area contributed by atoms with E-state index in [9.17, 15) is 0 Å². The van der Waals surface area contributed by atoms with Crippen molar-refractivity contribution in [2.24, 2.45) is 5.92 Å². The Kier molecular flexibility index (Phi) is 22.6. The van der Waals surface area contributed by atoms with Gasteiger partial charge in [0.05, 0.1) is 66.1 Å². The summed E-state index contributed by atoms with van der Waals surface area (Å²) < 4.78 is 27.1. The van der Waals surface area contributed by atoms with Crippen molar-refractivity contribution in [1.29, 1.82) is 0 Å². The van der Waals surface area contributed by atoms with E-state index in [1.54, 1.807) is 0 Å². The smallest absolute Gasteiger partial charge is 0.0701 e. The quantitative estimate of drug-likeness (QED) is 0.292. The summed E-state index contributed by atoms with van der Waals surface area (Å²) in [6.45, 7) is 10.3. The molecule has 0 aliphatic carbocycles. The van der Waals surface area contributed by atoms with Crippen molar-refractivity contribution in [3.8, 4) is 0 Å². The molecule has 158 valence electrons. The van der Waals surface area contributed by atoms with Gasteiger partial charge >= 0.3 is 0 Å². The van der Waals surface area contributed by atoms with Crippen molar-refractivity contribution in [3.05, 3.63) is 0 Å². The van der Waals surface area contributed by atoms with Crippen molar-refractivity contribution in [1.82, 2.24) is 0 Å². The molecule has 0 saturated heterocycles. The molecule has 26 heavy (non-hydrogen) atoms. The minimum atomic E-state index is 0.0480.